The van der Waals surface area contributed by atoms with E-state index in [1.165, 1.54) is 6.08 Å². The Morgan fingerprint density at radius 2 is 2.23 bits per heavy atom. The summed E-state index contributed by atoms with van der Waals surface area (Å²) in [7, 11) is 0. The fourth-order valence-electron chi connectivity index (χ4n) is 2.37. The predicted octanol–water partition coefficient (Wildman–Crippen LogP) is 3.44. The van der Waals surface area contributed by atoms with Gasteiger partial charge in [-0.2, -0.15) is 0 Å². The molecule has 1 fully saturated rings. The van der Waals surface area contributed by atoms with E-state index < -0.39 is 0 Å². The first-order valence-electron chi connectivity index (χ1n) is 7.83. The number of epoxide rings is 1. The van der Waals surface area contributed by atoms with Crippen LogP contribution in [0.2, 0.25) is 0 Å². The largest absolute Gasteiger partial charge is 0.463 e. The van der Waals surface area contributed by atoms with Crippen molar-refractivity contribution in [2.45, 2.75) is 39.4 Å². The molecule has 4 heteroatoms. The molecule has 0 spiro atoms. The number of esters is 1. The van der Waals surface area contributed by atoms with Crippen molar-refractivity contribution in [2.75, 3.05) is 19.8 Å². The topological polar surface area (TPSA) is 48.1 Å². The van der Waals surface area contributed by atoms with Crippen LogP contribution in [0.15, 0.2) is 24.3 Å². The smallest absolute Gasteiger partial charge is 0.330 e. The molecule has 1 aliphatic heterocycles. The van der Waals surface area contributed by atoms with Gasteiger partial charge in [-0.3, -0.25) is 0 Å². The molecule has 120 valence electrons. The zero-order chi connectivity index (χ0) is 15.9. The average Bonchev–Trinajstić information content (AvgIpc) is 3.31. The average molecular weight is 304 g/mol. The SMILES string of the molecule is CCOC(=O)/C=C/c1c(C)cccc1[C@@H](CC)OC[C@H]1CO1. The zero-order valence-electron chi connectivity index (χ0n) is 13.5. The van der Waals surface area contributed by atoms with Gasteiger partial charge in [0.05, 0.1) is 25.9 Å². The maximum atomic E-state index is 11.5. The van der Waals surface area contributed by atoms with Gasteiger partial charge in [0.1, 0.15) is 6.10 Å². The Bertz CT molecular complexity index is 532. The number of benzene rings is 1. The number of carbonyl (C=O) groups is 1. The van der Waals surface area contributed by atoms with Gasteiger partial charge in [0.2, 0.25) is 0 Å². The lowest BCUT2D eigenvalue weighted by Crippen LogP contribution is -2.10. The number of hydrogen-bond donors (Lipinski definition) is 0. The Morgan fingerprint density at radius 3 is 2.86 bits per heavy atom. The van der Waals surface area contributed by atoms with Gasteiger partial charge in [-0.05, 0) is 43.0 Å². The lowest BCUT2D eigenvalue weighted by molar-refractivity contribution is -0.137. The Kier molecular flexibility index (Phi) is 6.16. The highest BCUT2D eigenvalue weighted by molar-refractivity contribution is 5.87. The van der Waals surface area contributed by atoms with Crippen molar-refractivity contribution >= 4 is 12.0 Å². The summed E-state index contributed by atoms with van der Waals surface area (Å²) >= 11 is 0. The van der Waals surface area contributed by atoms with E-state index in [9.17, 15) is 4.79 Å². The number of hydrogen-bond acceptors (Lipinski definition) is 4. The molecule has 0 aliphatic carbocycles. The predicted molar refractivity (Wildman–Crippen MR) is 85.6 cm³/mol. The number of rotatable bonds is 8. The first kappa shape index (κ1) is 16.7. The van der Waals surface area contributed by atoms with Gasteiger partial charge in [-0.1, -0.05) is 25.1 Å². The highest BCUT2D eigenvalue weighted by Gasteiger charge is 2.25. The summed E-state index contributed by atoms with van der Waals surface area (Å²) in [5.74, 6) is -0.322. The van der Waals surface area contributed by atoms with Gasteiger partial charge < -0.3 is 14.2 Å². The molecule has 2 rings (SSSR count). The lowest BCUT2D eigenvalue weighted by Gasteiger charge is -2.19. The van der Waals surface area contributed by atoms with E-state index in [2.05, 4.69) is 13.0 Å². The van der Waals surface area contributed by atoms with Crippen molar-refractivity contribution in [1.29, 1.82) is 0 Å². The minimum absolute atomic E-state index is 0.00551. The third kappa shape index (κ3) is 4.68. The molecule has 1 heterocycles. The third-order valence-electron chi connectivity index (χ3n) is 3.63. The molecular weight excluding hydrogens is 280 g/mol. The summed E-state index contributed by atoms with van der Waals surface area (Å²) in [6.45, 7) is 7.72. The van der Waals surface area contributed by atoms with Crippen LogP contribution in [0.3, 0.4) is 0 Å². The molecule has 0 bridgehead atoms. The molecule has 0 radical (unpaired) electrons. The minimum atomic E-state index is -0.322. The van der Waals surface area contributed by atoms with E-state index in [-0.39, 0.29) is 18.2 Å². The highest BCUT2D eigenvalue weighted by atomic mass is 16.6. The second kappa shape index (κ2) is 8.11. The van der Waals surface area contributed by atoms with Crippen molar-refractivity contribution in [3.63, 3.8) is 0 Å². The van der Waals surface area contributed by atoms with Gasteiger partial charge in [-0.15, -0.1) is 0 Å². The summed E-state index contributed by atoms with van der Waals surface area (Å²) in [6, 6.07) is 6.11. The Hall–Kier alpha value is -1.65. The first-order valence-corrected chi connectivity index (χ1v) is 7.83. The quantitative estimate of drug-likeness (QED) is 0.419. The number of carbonyl (C=O) groups excluding carboxylic acids is 1. The molecule has 22 heavy (non-hydrogen) atoms. The van der Waals surface area contributed by atoms with Crippen LogP contribution in [0.25, 0.3) is 6.08 Å². The van der Waals surface area contributed by atoms with E-state index in [1.807, 2.05) is 25.1 Å². The number of ether oxygens (including phenoxy) is 3. The van der Waals surface area contributed by atoms with Crippen LogP contribution in [0, 0.1) is 6.92 Å². The molecule has 0 N–H and O–H groups in total. The molecule has 1 aliphatic rings. The van der Waals surface area contributed by atoms with Gasteiger partial charge in [0.25, 0.3) is 0 Å². The van der Waals surface area contributed by atoms with Crippen LogP contribution in [0.5, 0.6) is 0 Å². The lowest BCUT2D eigenvalue weighted by atomic mass is 9.96. The fourth-order valence-corrected chi connectivity index (χ4v) is 2.37. The summed E-state index contributed by atoms with van der Waals surface area (Å²) in [4.78, 5) is 11.5. The highest BCUT2D eigenvalue weighted by Crippen LogP contribution is 2.29. The Morgan fingerprint density at radius 1 is 1.45 bits per heavy atom. The van der Waals surface area contributed by atoms with Crippen LogP contribution in [-0.4, -0.2) is 31.9 Å². The summed E-state index contributed by atoms with van der Waals surface area (Å²) < 4.78 is 16.1. The van der Waals surface area contributed by atoms with Gasteiger partial charge >= 0.3 is 5.97 Å². The van der Waals surface area contributed by atoms with Crippen LogP contribution in [-0.2, 0) is 19.0 Å². The maximum Gasteiger partial charge on any atom is 0.330 e. The molecule has 0 aromatic heterocycles. The van der Waals surface area contributed by atoms with Crippen molar-refractivity contribution in [3.8, 4) is 0 Å². The Labute approximate surface area is 132 Å². The molecule has 1 aromatic carbocycles. The van der Waals surface area contributed by atoms with Gasteiger partial charge in [-0.25, -0.2) is 4.79 Å². The third-order valence-corrected chi connectivity index (χ3v) is 3.63. The standard InChI is InChI=1S/C18H24O4/c1-4-17(22-12-14-11-21-14)16-8-6-7-13(3)15(16)9-10-18(19)20-5-2/h6-10,14,17H,4-5,11-12H2,1-3H3/b10-9+/t14-,17-/m1/s1. The van der Waals surface area contributed by atoms with Crippen molar-refractivity contribution in [1.82, 2.24) is 0 Å². The minimum Gasteiger partial charge on any atom is -0.463 e. The molecule has 2 atom stereocenters. The summed E-state index contributed by atoms with van der Waals surface area (Å²) in [6.07, 6.45) is 4.42. The molecule has 0 saturated carbocycles. The molecule has 1 saturated heterocycles. The van der Waals surface area contributed by atoms with Gasteiger partial charge in [0.15, 0.2) is 0 Å². The van der Waals surface area contributed by atoms with E-state index in [4.69, 9.17) is 14.2 Å². The molecule has 0 unspecified atom stereocenters. The summed E-state index contributed by atoms with van der Waals surface area (Å²) in [5, 5.41) is 0. The summed E-state index contributed by atoms with van der Waals surface area (Å²) in [5.41, 5.74) is 3.24. The fraction of sp³-hybridized carbons (Fsp3) is 0.500. The second-order valence-electron chi connectivity index (χ2n) is 5.35. The van der Waals surface area contributed by atoms with Crippen LogP contribution >= 0.6 is 0 Å². The molecule has 0 amide bonds. The molecular formula is C18H24O4. The van der Waals surface area contributed by atoms with Crippen molar-refractivity contribution in [2.24, 2.45) is 0 Å². The van der Waals surface area contributed by atoms with Crippen LogP contribution < -0.4 is 0 Å². The van der Waals surface area contributed by atoms with E-state index in [0.717, 1.165) is 29.7 Å². The van der Waals surface area contributed by atoms with E-state index in [0.29, 0.717) is 13.2 Å². The van der Waals surface area contributed by atoms with Crippen molar-refractivity contribution < 1.29 is 19.0 Å². The molecule has 1 aromatic rings. The Balaban J connectivity index is 2.17. The zero-order valence-corrected chi connectivity index (χ0v) is 13.5. The van der Waals surface area contributed by atoms with Crippen LogP contribution in [0.1, 0.15) is 43.1 Å². The second-order valence-corrected chi connectivity index (χ2v) is 5.35. The number of aryl methyl sites for hydroxylation is 1. The van der Waals surface area contributed by atoms with Crippen molar-refractivity contribution in [3.05, 3.63) is 41.0 Å². The van der Waals surface area contributed by atoms with E-state index >= 15 is 0 Å². The molecule has 4 nitrogen and oxygen atoms in total. The van der Waals surface area contributed by atoms with Crippen LogP contribution in [0.4, 0.5) is 0 Å². The maximum absolute atomic E-state index is 11.5. The van der Waals surface area contributed by atoms with E-state index in [1.54, 1.807) is 6.92 Å². The first-order chi connectivity index (χ1) is 10.7. The van der Waals surface area contributed by atoms with Gasteiger partial charge in [0, 0.05) is 6.08 Å². The normalized spacial score (nSPS) is 18.4. The monoisotopic (exact) mass is 304 g/mol.